The van der Waals surface area contributed by atoms with Crippen LogP contribution in [0.3, 0.4) is 0 Å². The maximum Gasteiger partial charge on any atom is 0.113 e. The number of nitrogens with zero attached hydrogens (tertiary/aromatic N) is 1. The average Bonchev–Trinajstić information content (AvgIpc) is 2.15. The van der Waals surface area contributed by atoms with Gasteiger partial charge in [-0.1, -0.05) is 37.6 Å². The van der Waals surface area contributed by atoms with Crippen molar-refractivity contribution in [1.82, 2.24) is 0 Å². The van der Waals surface area contributed by atoms with Gasteiger partial charge in [0.2, 0.25) is 0 Å². The van der Waals surface area contributed by atoms with Gasteiger partial charge in [-0.15, -0.1) is 0 Å². The van der Waals surface area contributed by atoms with Gasteiger partial charge in [0, 0.05) is 5.25 Å². The van der Waals surface area contributed by atoms with Crippen molar-refractivity contribution < 1.29 is 0 Å². The van der Waals surface area contributed by atoms with Crippen LogP contribution in [0.25, 0.3) is 0 Å². The maximum atomic E-state index is 10.6. The van der Waals surface area contributed by atoms with Gasteiger partial charge in [-0.05, 0) is 18.3 Å². The molecule has 0 bridgehead atoms. The highest BCUT2D eigenvalue weighted by molar-refractivity contribution is 7.81. The van der Waals surface area contributed by atoms with Crippen molar-refractivity contribution >= 4 is 12.6 Å². The molecule has 1 rings (SSSR count). The molecule has 13 heavy (non-hydrogen) atoms. The van der Waals surface area contributed by atoms with Crippen LogP contribution in [0.4, 0.5) is 0 Å². The highest BCUT2D eigenvalue weighted by Crippen LogP contribution is 2.35. The van der Waals surface area contributed by atoms with Gasteiger partial charge in [0.05, 0.1) is 0 Å². The summed E-state index contributed by atoms with van der Waals surface area (Å²) in [6.45, 7) is 6.31. The lowest BCUT2D eigenvalue weighted by Crippen LogP contribution is -2.33. The van der Waals surface area contributed by atoms with Crippen molar-refractivity contribution in [2.24, 2.45) is 17.0 Å². The minimum Gasteiger partial charge on any atom is -0.171 e. The third kappa shape index (κ3) is 1.96. The van der Waals surface area contributed by atoms with Crippen molar-refractivity contribution in [1.29, 1.82) is 0 Å². The Bertz CT molecular complexity index is 227. The third-order valence-corrected chi connectivity index (χ3v) is 3.96. The summed E-state index contributed by atoms with van der Waals surface area (Å²) in [6, 6.07) is -0.145. The molecule has 0 aromatic heterocycles. The molecule has 0 heterocycles. The molecule has 0 aromatic rings. The van der Waals surface area contributed by atoms with E-state index < -0.39 is 0 Å². The Labute approximate surface area is 85.2 Å². The van der Waals surface area contributed by atoms with Crippen LogP contribution in [0.15, 0.2) is 16.8 Å². The van der Waals surface area contributed by atoms with E-state index in [1.807, 2.05) is 6.08 Å². The molecule has 1 aliphatic rings. The first kappa shape index (κ1) is 10.8. The Balaban J connectivity index is 2.92. The van der Waals surface area contributed by atoms with E-state index in [2.05, 4.69) is 38.6 Å². The van der Waals surface area contributed by atoms with Crippen LogP contribution in [-0.2, 0) is 0 Å². The molecular formula is C10H17NOS. The third-order valence-electron chi connectivity index (χ3n) is 3.16. The number of rotatable bonds is 2. The van der Waals surface area contributed by atoms with E-state index in [1.165, 1.54) is 5.57 Å². The molecule has 4 atom stereocenters. The Kier molecular flexibility index (Phi) is 3.54. The molecule has 0 aromatic carbocycles. The van der Waals surface area contributed by atoms with Gasteiger partial charge in [-0.25, -0.2) is 0 Å². The van der Waals surface area contributed by atoms with Gasteiger partial charge in [-0.2, -0.15) is 17.5 Å². The topological polar surface area (TPSA) is 29.4 Å². The van der Waals surface area contributed by atoms with Gasteiger partial charge in [0.1, 0.15) is 6.04 Å². The molecule has 0 N–H and O–H groups in total. The fourth-order valence-corrected chi connectivity index (χ4v) is 2.40. The number of hydrogen-bond donors (Lipinski definition) is 1. The smallest absolute Gasteiger partial charge is 0.113 e. The van der Waals surface area contributed by atoms with Gasteiger partial charge in [-0.3, -0.25) is 0 Å². The normalized spacial score (nSPS) is 39.8. The summed E-state index contributed by atoms with van der Waals surface area (Å²) in [5.41, 5.74) is 1.26. The summed E-state index contributed by atoms with van der Waals surface area (Å²) in [6.07, 6.45) is 2.96. The predicted molar refractivity (Wildman–Crippen MR) is 59.1 cm³/mol. The first-order chi connectivity index (χ1) is 6.11. The molecule has 0 radical (unpaired) electrons. The van der Waals surface area contributed by atoms with E-state index in [4.69, 9.17) is 0 Å². The predicted octanol–water partition coefficient (Wildman–Crippen LogP) is 3.04. The standard InChI is InChI=1S/C10H17NOS/c1-4-8-5-9(11-12)6(2)7(3)10(8)13/h5-7,9-10,13H,4H2,1-3H3. The van der Waals surface area contributed by atoms with E-state index in [9.17, 15) is 4.91 Å². The van der Waals surface area contributed by atoms with Gasteiger partial charge < -0.3 is 0 Å². The fraction of sp³-hybridized carbons (Fsp3) is 0.800. The van der Waals surface area contributed by atoms with E-state index in [1.54, 1.807) is 0 Å². The van der Waals surface area contributed by atoms with Gasteiger partial charge in [0.25, 0.3) is 0 Å². The van der Waals surface area contributed by atoms with Crippen LogP contribution in [0, 0.1) is 16.7 Å². The van der Waals surface area contributed by atoms with Crippen molar-refractivity contribution in [3.8, 4) is 0 Å². The molecule has 4 unspecified atom stereocenters. The first-order valence-electron chi connectivity index (χ1n) is 4.83. The zero-order chi connectivity index (χ0) is 10.0. The summed E-state index contributed by atoms with van der Waals surface area (Å²) in [5, 5.41) is 3.45. The van der Waals surface area contributed by atoms with E-state index in [0.29, 0.717) is 17.1 Å². The summed E-state index contributed by atoms with van der Waals surface area (Å²) in [7, 11) is 0. The molecule has 3 heteroatoms. The summed E-state index contributed by atoms with van der Waals surface area (Å²) >= 11 is 4.56. The molecule has 0 aliphatic heterocycles. The van der Waals surface area contributed by atoms with Gasteiger partial charge >= 0.3 is 0 Å². The zero-order valence-corrected chi connectivity index (χ0v) is 9.29. The minimum atomic E-state index is -0.145. The molecule has 1 aliphatic carbocycles. The molecule has 0 fully saturated rings. The van der Waals surface area contributed by atoms with Crippen LogP contribution < -0.4 is 0 Å². The Hall–Kier alpha value is -0.310. The second-order valence-electron chi connectivity index (χ2n) is 3.85. The molecule has 0 saturated heterocycles. The monoisotopic (exact) mass is 199 g/mol. The number of hydrogen-bond acceptors (Lipinski definition) is 3. The van der Waals surface area contributed by atoms with Crippen LogP contribution in [0.5, 0.6) is 0 Å². The van der Waals surface area contributed by atoms with Crippen molar-refractivity contribution in [3.63, 3.8) is 0 Å². The first-order valence-corrected chi connectivity index (χ1v) is 5.34. The van der Waals surface area contributed by atoms with Crippen molar-refractivity contribution in [3.05, 3.63) is 16.6 Å². The molecule has 2 nitrogen and oxygen atoms in total. The van der Waals surface area contributed by atoms with Crippen molar-refractivity contribution in [2.75, 3.05) is 0 Å². The minimum absolute atomic E-state index is 0.145. The van der Waals surface area contributed by atoms with E-state index >= 15 is 0 Å². The molecule has 0 spiro atoms. The summed E-state index contributed by atoms with van der Waals surface area (Å²) in [5.74, 6) is 0.751. The van der Waals surface area contributed by atoms with E-state index in [-0.39, 0.29) is 6.04 Å². The quantitative estimate of drug-likeness (QED) is 0.413. The summed E-state index contributed by atoms with van der Waals surface area (Å²) < 4.78 is 0. The van der Waals surface area contributed by atoms with E-state index in [0.717, 1.165) is 6.42 Å². The SMILES string of the molecule is CCC1=CC(N=O)C(C)C(C)C1S. The highest BCUT2D eigenvalue weighted by atomic mass is 32.1. The van der Waals surface area contributed by atoms with Crippen LogP contribution in [0.2, 0.25) is 0 Å². The Morgan fingerprint density at radius 2 is 2.08 bits per heavy atom. The second-order valence-corrected chi connectivity index (χ2v) is 4.41. The fourth-order valence-electron chi connectivity index (χ4n) is 1.86. The van der Waals surface area contributed by atoms with Crippen LogP contribution in [0.1, 0.15) is 27.2 Å². The largest absolute Gasteiger partial charge is 0.171 e. The molecular weight excluding hydrogens is 182 g/mol. The highest BCUT2D eigenvalue weighted by Gasteiger charge is 2.32. The second kappa shape index (κ2) is 4.27. The Morgan fingerprint density at radius 1 is 1.46 bits per heavy atom. The lowest BCUT2D eigenvalue weighted by molar-refractivity contribution is 0.340. The van der Waals surface area contributed by atoms with Crippen LogP contribution >= 0.6 is 12.6 Å². The average molecular weight is 199 g/mol. The van der Waals surface area contributed by atoms with Crippen LogP contribution in [-0.4, -0.2) is 11.3 Å². The van der Waals surface area contributed by atoms with Gasteiger partial charge in [0.15, 0.2) is 0 Å². The molecule has 0 saturated carbocycles. The lowest BCUT2D eigenvalue weighted by Gasteiger charge is -2.33. The maximum absolute atomic E-state index is 10.6. The number of thiol groups is 1. The summed E-state index contributed by atoms with van der Waals surface area (Å²) in [4.78, 5) is 10.6. The zero-order valence-electron chi connectivity index (χ0n) is 8.40. The molecule has 74 valence electrons. The lowest BCUT2D eigenvalue weighted by atomic mass is 9.78. The number of nitroso groups, excluding NO2 is 1. The molecule has 0 amide bonds. The Morgan fingerprint density at radius 3 is 2.54 bits per heavy atom. The van der Waals surface area contributed by atoms with Crippen molar-refractivity contribution in [2.45, 2.75) is 38.5 Å².